The largest absolute Gasteiger partial charge is 0.494 e. The summed E-state index contributed by atoms with van der Waals surface area (Å²) in [5.74, 6) is -1.20. The van der Waals surface area contributed by atoms with E-state index in [4.69, 9.17) is 9.47 Å². The van der Waals surface area contributed by atoms with Gasteiger partial charge in [0.2, 0.25) is 0 Å². The van der Waals surface area contributed by atoms with Gasteiger partial charge in [0, 0.05) is 11.1 Å². The molecule has 0 unspecified atom stereocenters. The minimum Gasteiger partial charge on any atom is -0.494 e. The van der Waals surface area contributed by atoms with Crippen LogP contribution in [0.1, 0.15) is 22.8 Å². The van der Waals surface area contributed by atoms with Gasteiger partial charge >= 0.3 is 17.8 Å². The first-order valence-corrected chi connectivity index (χ1v) is 11.2. The van der Waals surface area contributed by atoms with Crippen molar-refractivity contribution >= 4 is 40.5 Å². The van der Waals surface area contributed by atoms with E-state index in [0.29, 0.717) is 34.9 Å². The van der Waals surface area contributed by atoms with Gasteiger partial charge in [-0.1, -0.05) is 36.4 Å². The van der Waals surface area contributed by atoms with Crippen LogP contribution in [0.4, 0.5) is 5.69 Å². The average Bonchev–Trinajstić information content (AvgIpc) is 2.90. The van der Waals surface area contributed by atoms with Crippen LogP contribution in [0, 0.1) is 0 Å². The van der Waals surface area contributed by atoms with E-state index in [0.717, 1.165) is 10.8 Å². The Labute approximate surface area is 207 Å². The number of ether oxygens (including phenoxy) is 2. The van der Waals surface area contributed by atoms with Crippen molar-refractivity contribution in [1.82, 2.24) is 5.43 Å². The smallest absolute Gasteiger partial charge is 0.343 e. The summed E-state index contributed by atoms with van der Waals surface area (Å²) in [4.78, 5) is 36.7. The molecule has 0 radical (unpaired) electrons. The van der Waals surface area contributed by atoms with E-state index in [1.807, 2.05) is 37.3 Å². The number of esters is 1. The van der Waals surface area contributed by atoms with Gasteiger partial charge in [0.15, 0.2) is 0 Å². The van der Waals surface area contributed by atoms with Gasteiger partial charge in [-0.2, -0.15) is 5.10 Å². The molecule has 0 aliphatic carbocycles. The molecule has 0 atom stereocenters. The van der Waals surface area contributed by atoms with E-state index in [2.05, 4.69) is 15.8 Å². The topological polar surface area (TPSA) is 106 Å². The molecule has 0 aliphatic rings. The molecular weight excluding hydrogens is 458 g/mol. The van der Waals surface area contributed by atoms with Gasteiger partial charge in [-0.3, -0.25) is 9.59 Å². The molecule has 0 saturated heterocycles. The molecule has 180 valence electrons. The lowest BCUT2D eigenvalue weighted by Crippen LogP contribution is -2.32. The summed E-state index contributed by atoms with van der Waals surface area (Å²) in [7, 11) is 0. The summed E-state index contributed by atoms with van der Waals surface area (Å²) in [6, 6.07) is 26.2. The highest BCUT2D eigenvalue weighted by atomic mass is 16.5. The molecule has 0 bridgehead atoms. The van der Waals surface area contributed by atoms with Crippen molar-refractivity contribution in [2.45, 2.75) is 6.92 Å². The van der Waals surface area contributed by atoms with E-state index < -0.39 is 17.8 Å². The number of hydrazone groups is 1. The fraction of sp³-hybridized carbons (Fsp3) is 0.0714. The summed E-state index contributed by atoms with van der Waals surface area (Å²) in [6.07, 6.45) is 1.38. The number of hydrogen-bond donors (Lipinski definition) is 2. The summed E-state index contributed by atoms with van der Waals surface area (Å²) < 4.78 is 10.7. The third-order valence-corrected chi connectivity index (χ3v) is 5.12. The molecule has 8 heteroatoms. The van der Waals surface area contributed by atoms with Crippen LogP contribution < -0.4 is 20.2 Å². The molecule has 4 rings (SSSR count). The van der Waals surface area contributed by atoms with Crippen LogP contribution in [-0.4, -0.2) is 30.6 Å². The molecule has 0 aromatic heterocycles. The van der Waals surface area contributed by atoms with Crippen LogP contribution >= 0.6 is 0 Å². The Morgan fingerprint density at radius 3 is 2.25 bits per heavy atom. The molecule has 0 fully saturated rings. The average molecular weight is 482 g/mol. The van der Waals surface area contributed by atoms with E-state index in [9.17, 15) is 14.4 Å². The number of rotatable bonds is 7. The first kappa shape index (κ1) is 24.2. The highest BCUT2D eigenvalue weighted by Gasteiger charge is 2.14. The molecule has 2 amide bonds. The van der Waals surface area contributed by atoms with Crippen molar-refractivity contribution in [3.05, 3.63) is 102 Å². The summed E-state index contributed by atoms with van der Waals surface area (Å²) >= 11 is 0. The molecule has 4 aromatic rings. The first-order valence-electron chi connectivity index (χ1n) is 11.2. The van der Waals surface area contributed by atoms with Gasteiger partial charge < -0.3 is 14.8 Å². The molecule has 0 saturated carbocycles. The highest BCUT2D eigenvalue weighted by Crippen LogP contribution is 2.22. The van der Waals surface area contributed by atoms with E-state index >= 15 is 0 Å². The van der Waals surface area contributed by atoms with Crippen LogP contribution in [0.25, 0.3) is 10.8 Å². The molecule has 0 spiro atoms. The second kappa shape index (κ2) is 11.4. The normalized spacial score (nSPS) is 10.7. The Bertz CT molecular complexity index is 1410. The maximum Gasteiger partial charge on any atom is 0.343 e. The molecule has 4 aromatic carbocycles. The van der Waals surface area contributed by atoms with Gasteiger partial charge in [0.05, 0.1) is 18.4 Å². The number of nitrogens with one attached hydrogen (secondary N) is 2. The van der Waals surface area contributed by atoms with Crippen LogP contribution in [0.2, 0.25) is 0 Å². The quantitative estimate of drug-likeness (QED) is 0.132. The minimum absolute atomic E-state index is 0.351. The fourth-order valence-corrected chi connectivity index (χ4v) is 3.37. The SMILES string of the molecule is CCOc1ccc(C(=O)Oc2ccc(C=NNC(=O)C(=O)Nc3cccc4ccccc34)cc2)cc1. The lowest BCUT2D eigenvalue weighted by atomic mass is 10.1. The van der Waals surface area contributed by atoms with Crippen molar-refractivity contribution in [1.29, 1.82) is 0 Å². The molecule has 8 nitrogen and oxygen atoms in total. The maximum atomic E-state index is 12.3. The predicted octanol–water partition coefficient (Wildman–Crippen LogP) is 4.55. The number of benzene rings is 4. The maximum absolute atomic E-state index is 12.3. The number of amides is 2. The van der Waals surface area contributed by atoms with Gasteiger partial charge in [-0.05, 0) is 72.5 Å². The first-order chi connectivity index (χ1) is 17.5. The van der Waals surface area contributed by atoms with Gasteiger partial charge in [-0.25, -0.2) is 10.2 Å². The summed E-state index contributed by atoms with van der Waals surface area (Å²) in [6.45, 7) is 2.43. The number of carbonyl (C=O) groups excluding carboxylic acids is 3. The second-order valence-corrected chi connectivity index (χ2v) is 7.60. The van der Waals surface area contributed by atoms with Crippen molar-refractivity contribution in [3.8, 4) is 11.5 Å². The molecule has 2 N–H and O–H groups in total. The number of hydrogen-bond acceptors (Lipinski definition) is 6. The number of anilines is 1. The zero-order chi connectivity index (χ0) is 25.3. The summed E-state index contributed by atoms with van der Waals surface area (Å²) in [5.41, 5.74) is 3.77. The monoisotopic (exact) mass is 481 g/mol. The Kier molecular flexibility index (Phi) is 7.67. The van der Waals surface area contributed by atoms with Crippen molar-refractivity contribution in [2.24, 2.45) is 5.10 Å². The third kappa shape index (κ3) is 6.12. The Hall–Kier alpha value is -4.98. The third-order valence-electron chi connectivity index (χ3n) is 5.12. The van der Waals surface area contributed by atoms with Gasteiger partial charge in [0.1, 0.15) is 11.5 Å². The van der Waals surface area contributed by atoms with E-state index in [1.54, 1.807) is 60.7 Å². The lowest BCUT2D eigenvalue weighted by Gasteiger charge is -2.07. The standard InChI is InChI=1S/C28H23N3O5/c1-2-35-22-16-12-21(13-17-22)28(34)36-23-14-10-19(11-15-23)18-29-31-27(33)26(32)30-25-9-5-7-20-6-3-4-8-24(20)25/h3-18H,2H2,1H3,(H,30,32)(H,31,33). The molecule has 0 aliphatic heterocycles. The Morgan fingerprint density at radius 1 is 0.806 bits per heavy atom. The zero-order valence-corrected chi connectivity index (χ0v) is 19.4. The number of fused-ring (bicyclic) bond motifs is 1. The number of nitrogens with zero attached hydrogens (tertiary/aromatic N) is 1. The predicted molar refractivity (Wildman–Crippen MR) is 137 cm³/mol. The fourth-order valence-electron chi connectivity index (χ4n) is 3.37. The van der Waals surface area contributed by atoms with Gasteiger partial charge in [-0.15, -0.1) is 0 Å². The van der Waals surface area contributed by atoms with E-state index in [-0.39, 0.29) is 0 Å². The van der Waals surface area contributed by atoms with Crippen LogP contribution in [0.5, 0.6) is 11.5 Å². The summed E-state index contributed by atoms with van der Waals surface area (Å²) in [5, 5.41) is 8.20. The zero-order valence-electron chi connectivity index (χ0n) is 19.4. The Balaban J connectivity index is 1.29. The van der Waals surface area contributed by atoms with Gasteiger partial charge in [0.25, 0.3) is 0 Å². The van der Waals surface area contributed by atoms with Crippen LogP contribution in [0.3, 0.4) is 0 Å². The van der Waals surface area contributed by atoms with E-state index in [1.165, 1.54) is 6.21 Å². The van der Waals surface area contributed by atoms with Crippen molar-refractivity contribution < 1.29 is 23.9 Å². The second-order valence-electron chi connectivity index (χ2n) is 7.60. The Morgan fingerprint density at radius 2 is 1.50 bits per heavy atom. The van der Waals surface area contributed by atoms with Crippen molar-refractivity contribution in [2.75, 3.05) is 11.9 Å². The molecular formula is C28H23N3O5. The van der Waals surface area contributed by atoms with Crippen molar-refractivity contribution in [3.63, 3.8) is 0 Å². The minimum atomic E-state index is -0.903. The molecule has 0 heterocycles. The van der Waals surface area contributed by atoms with Crippen LogP contribution in [0.15, 0.2) is 96.1 Å². The lowest BCUT2D eigenvalue weighted by molar-refractivity contribution is -0.136. The molecule has 36 heavy (non-hydrogen) atoms. The number of carbonyl (C=O) groups is 3. The van der Waals surface area contributed by atoms with Crippen LogP contribution in [-0.2, 0) is 9.59 Å². The highest BCUT2D eigenvalue weighted by molar-refractivity contribution is 6.40.